The molecule has 0 bridgehead atoms. The first-order valence-corrected chi connectivity index (χ1v) is 9.75. The van der Waals surface area contributed by atoms with Gasteiger partial charge < -0.3 is 9.73 Å². The fraction of sp³-hybridized carbons (Fsp3) is 0.261. The van der Waals surface area contributed by atoms with Gasteiger partial charge in [-0.25, -0.2) is 0 Å². The Hall–Kier alpha value is -3.21. The van der Waals surface area contributed by atoms with Crippen LogP contribution < -0.4 is 5.32 Å². The molecule has 28 heavy (non-hydrogen) atoms. The molecule has 0 atom stereocenters. The van der Waals surface area contributed by atoms with Crippen LogP contribution in [0, 0.1) is 0 Å². The Labute approximate surface area is 164 Å². The number of allylic oxidation sites excluding steroid dienone is 1. The molecule has 0 fully saturated rings. The van der Waals surface area contributed by atoms with Crippen LogP contribution in [0.3, 0.4) is 0 Å². The van der Waals surface area contributed by atoms with Gasteiger partial charge in [0.05, 0.1) is 0 Å². The van der Waals surface area contributed by atoms with E-state index in [1.165, 1.54) is 31.3 Å². The summed E-state index contributed by atoms with van der Waals surface area (Å²) >= 11 is 0. The number of rotatable bonds is 6. The minimum atomic E-state index is -0.0570. The lowest BCUT2D eigenvalue weighted by Gasteiger charge is -2.13. The summed E-state index contributed by atoms with van der Waals surface area (Å²) in [5.74, 6) is 0.864. The molecule has 2 aromatic carbocycles. The summed E-state index contributed by atoms with van der Waals surface area (Å²) in [6, 6.07) is 16.9. The molecule has 4 rings (SSSR count). The Morgan fingerprint density at radius 3 is 2.32 bits per heavy atom. The molecule has 1 heterocycles. The predicted molar refractivity (Wildman–Crippen MR) is 109 cm³/mol. The number of carbonyl (C=O) groups excluding carboxylic acids is 1. The smallest absolute Gasteiger partial charge is 0.251 e. The molecule has 3 aromatic rings. The third-order valence-corrected chi connectivity index (χ3v) is 4.96. The topological polar surface area (TPSA) is 68.0 Å². The highest BCUT2D eigenvalue weighted by atomic mass is 16.4. The van der Waals surface area contributed by atoms with Crippen LogP contribution in [0.1, 0.15) is 42.5 Å². The van der Waals surface area contributed by atoms with E-state index in [2.05, 4.69) is 21.6 Å². The number of amides is 1. The van der Waals surface area contributed by atoms with E-state index in [9.17, 15) is 4.79 Å². The molecule has 0 aliphatic heterocycles. The zero-order valence-corrected chi connectivity index (χ0v) is 15.7. The van der Waals surface area contributed by atoms with Crippen LogP contribution in [-0.2, 0) is 0 Å². The summed E-state index contributed by atoms with van der Waals surface area (Å²) < 4.78 is 5.76. The molecular formula is C23H23N3O2. The largest absolute Gasteiger partial charge is 0.416 e. The fourth-order valence-electron chi connectivity index (χ4n) is 3.37. The lowest BCUT2D eigenvalue weighted by Crippen LogP contribution is -2.24. The van der Waals surface area contributed by atoms with Crippen molar-refractivity contribution in [3.63, 3.8) is 0 Å². The molecule has 142 valence electrons. The molecule has 0 radical (unpaired) electrons. The van der Waals surface area contributed by atoms with Crippen molar-refractivity contribution in [1.29, 1.82) is 0 Å². The van der Waals surface area contributed by atoms with Gasteiger partial charge >= 0.3 is 0 Å². The Balaban J connectivity index is 1.36. The second kappa shape index (κ2) is 8.65. The maximum absolute atomic E-state index is 12.3. The van der Waals surface area contributed by atoms with E-state index < -0.39 is 0 Å². The van der Waals surface area contributed by atoms with Crippen molar-refractivity contribution >= 4 is 5.91 Å². The second-order valence-corrected chi connectivity index (χ2v) is 6.97. The van der Waals surface area contributed by atoms with Gasteiger partial charge in [0.25, 0.3) is 5.91 Å². The van der Waals surface area contributed by atoms with E-state index in [1.807, 2.05) is 42.5 Å². The van der Waals surface area contributed by atoms with Crippen molar-refractivity contribution in [2.45, 2.75) is 32.1 Å². The van der Waals surface area contributed by atoms with E-state index >= 15 is 0 Å². The highest BCUT2D eigenvalue weighted by Gasteiger charge is 2.12. The minimum Gasteiger partial charge on any atom is -0.416 e. The highest BCUT2D eigenvalue weighted by Crippen LogP contribution is 2.24. The van der Waals surface area contributed by atoms with E-state index in [4.69, 9.17) is 4.42 Å². The second-order valence-electron chi connectivity index (χ2n) is 6.97. The predicted octanol–water partition coefficient (Wildman–Crippen LogP) is 5.02. The van der Waals surface area contributed by atoms with Crippen molar-refractivity contribution in [3.8, 4) is 22.9 Å². The molecule has 1 amide bonds. The zero-order chi connectivity index (χ0) is 19.2. The van der Waals surface area contributed by atoms with Gasteiger partial charge in [-0.1, -0.05) is 29.8 Å². The van der Waals surface area contributed by atoms with Crippen LogP contribution in [0.5, 0.6) is 0 Å². The molecular weight excluding hydrogens is 350 g/mol. The van der Waals surface area contributed by atoms with Crippen molar-refractivity contribution in [3.05, 3.63) is 71.8 Å². The van der Waals surface area contributed by atoms with Crippen LogP contribution in [0.25, 0.3) is 22.9 Å². The lowest BCUT2D eigenvalue weighted by atomic mass is 9.97. The van der Waals surface area contributed by atoms with Gasteiger partial charge in [-0.05, 0) is 68.5 Å². The summed E-state index contributed by atoms with van der Waals surface area (Å²) in [6.07, 6.45) is 8.15. The molecule has 1 N–H and O–H groups in total. The summed E-state index contributed by atoms with van der Waals surface area (Å²) in [7, 11) is 0. The summed E-state index contributed by atoms with van der Waals surface area (Å²) in [5, 5.41) is 11.2. The molecule has 5 nitrogen and oxygen atoms in total. The highest BCUT2D eigenvalue weighted by molar-refractivity contribution is 5.94. The number of benzene rings is 2. The van der Waals surface area contributed by atoms with Gasteiger partial charge in [0.2, 0.25) is 11.8 Å². The first kappa shape index (κ1) is 18.2. The third-order valence-electron chi connectivity index (χ3n) is 4.96. The normalized spacial score (nSPS) is 13.8. The van der Waals surface area contributed by atoms with E-state index in [0.29, 0.717) is 23.9 Å². The zero-order valence-electron chi connectivity index (χ0n) is 15.7. The van der Waals surface area contributed by atoms with Gasteiger partial charge in [-0.2, -0.15) is 0 Å². The minimum absolute atomic E-state index is 0.0570. The standard InChI is InChI=1S/C23H23N3O2/c27-21(24-16-15-17-7-3-1-4-8-17)18-11-13-20(14-12-18)23-26-25-22(28-23)19-9-5-2-6-10-19/h2,5-7,9-14H,1,3-4,8,15-16H2,(H,24,27). The van der Waals surface area contributed by atoms with Crippen LogP contribution in [0.2, 0.25) is 0 Å². The van der Waals surface area contributed by atoms with Crippen molar-refractivity contribution < 1.29 is 9.21 Å². The van der Waals surface area contributed by atoms with E-state index in [0.717, 1.165) is 17.5 Å². The summed E-state index contributed by atoms with van der Waals surface area (Å²) in [6.45, 7) is 0.677. The number of aromatic nitrogens is 2. The van der Waals surface area contributed by atoms with Crippen LogP contribution in [-0.4, -0.2) is 22.6 Å². The van der Waals surface area contributed by atoms with Crippen molar-refractivity contribution in [2.75, 3.05) is 6.54 Å². The number of nitrogens with zero attached hydrogens (tertiary/aromatic N) is 2. The Morgan fingerprint density at radius 1 is 0.929 bits per heavy atom. The number of hydrogen-bond donors (Lipinski definition) is 1. The van der Waals surface area contributed by atoms with Crippen LogP contribution >= 0.6 is 0 Å². The van der Waals surface area contributed by atoms with Crippen LogP contribution in [0.4, 0.5) is 0 Å². The Morgan fingerprint density at radius 2 is 1.64 bits per heavy atom. The average Bonchev–Trinajstić information content (AvgIpc) is 3.25. The molecule has 0 unspecified atom stereocenters. The maximum Gasteiger partial charge on any atom is 0.251 e. The monoisotopic (exact) mass is 373 g/mol. The van der Waals surface area contributed by atoms with Gasteiger partial charge in [0.1, 0.15) is 0 Å². The molecule has 5 heteroatoms. The van der Waals surface area contributed by atoms with Gasteiger partial charge in [0, 0.05) is 23.2 Å². The maximum atomic E-state index is 12.3. The molecule has 0 saturated heterocycles. The first-order valence-electron chi connectivity index (χ1n) is 9.75. The van der Waals surface area contributed by atoms with Crippen molar-refractivity contribution in [1.82, 2.24) is 15.5 Å². The van der Waals surface area contributed by atoms with Gasteiger partial charge in [-0.3, -0.25) is 4.79 Å². The van der Waals surface area contributed by atoms with Crippen LogP contribution in [0.15, 0.2) is 70.7 Å². The Kier molecular flexibility index (Phi) is 5.61. The van der Waals surface area contributed by atoms with Crippen molar-refractivity contribution in [2.24, 2.45) is 0 Å². The number of nitrogens with one attached hydrogen (secondary N) is 1. The molecule has 1 aliphatic rings. The first-order chi connectivity index (χ1) is 13.8. The fourth-order valence-corrected chi connectivity index (χ4v) is 3.37. The lowest BCUT2D eigenvalue weighted by molar-refractivity contribution is 0.0954. The Bertz CT molecular complexity index is 959. The molecule has 1 aliphatic carbocycles. The van der Waals surface area contributed by atoms with Gasteiger partial charge in [0.15, 0.2) is 0 Å². The molecule has 0 saturated carbocycles. The SMILES string of the molecule is O=C(NCCC1=CCCCC1)c1ccc(-c2nnc(-c3ccccc3)o2)cc1. The number of carbonyl (C=O) groups is 1. The van der Waals surface area contributed by atoms with Gasteiger partial charge in [-0.15, -0.1) is 10.2 Å². The van der Waals surface area contributed by atoms with E-state index in [1.54, 1.807) is 12.1 Å². The summed E-state index contributed by atoms with van der Waals surface area (Å²) in [5.41, 5.74) is 3.76. The quantitative estimate of drug-likeness (QED) is 0.616. The number of hydrogen-bond acceptors (Lipinski definition) is 4. The molecule has 1 aromatic heterocycles. The third kappa shape index (κ3) is 4.36. The average molecular weight is 373 g/mol. The van der Waals surface area contributed by atoms with E-state index in [-0.39, 0.29) is 5.91 Å². The summed E-state index contributed by atoms with van der Waals surface area (Å²) in [4.78, 5) is 12.3. The molecule has 0 spiro atoms.